The van der Waals surface area contributed by atoms with Gasteiger partial charge in [-0.25, -0.2) is 0 Å². The first-order valence-corrected chi connectivity index (χ1v) is 9.41. The molecule has 2 amide bonds. The summed E-state index contributed by atoms with van der Waals surface area (Å²) in [6.07, 6.45) is 1.24. The molecule has 3 heterocycles. The van der Waals surface area contributed by atoms with Crippen LogP contribution in [0.3, 0.4) is 0 Å². The molecule has 2 aromatic heterocycles. The first kappa shape index (κ1) is 18.2. The van der Waals surface area contributed by atoms with Crippen molar-refractivity contribution in [1.29, 1.82) is 0 Å². The standard InChI is InChI=1S/C21H22N4O3/c1-13-11-17(16-5-3-4-6-18(16)22-13)21(27)25-9-7-15(8-10-25)20(26)23-19-12-14(2)28-24-19/h3-6,11-12,15H,7-10H2,1-2H3,(H,23,24,26). The van der Waals surface area contributed by atoms with Crippen LogP contribution in [-0.4, -0.2) is 39.9 Å². The number of pyridine rings is 1. The number of carbonyl (C=O) groups excluding carboxylic acids is 2. The summed E-state index contributed by atoms with van der Waals surface area (Å²) in [6.45, 7) is 4.76. The molecule has 4 rings (SSSR count). The molecule has 0 radical (unpaired) electrons. The zero-order valence-corrected chi connectivity index (χ0v) is 15.9. The van der Waals surface area contributed by atoms with Gasteiger partial charge in [0.1, 0.15) is 5.76 Å². The van der Waals surface area contributed by atoms with Crippen molar-refractivity contribution in [3.05, 3.63) is 53.4 Å². The van der Waals surface area contributed by atoms with Crippen LogP contribution in [0.4, 0.5) is 5.82 Å². The fraction of sp³-hybridized carbons (Fsp3) is 0.333. The summed E-state index contributed by atoms with van der Waals surface area (Å²) < 4.78 is 4.97. The monoisotopic (exact) mass is 378 g/mol. The van der Waals surface area contributed by atoms with Crippen LogP contribution in [0.1, 0.15) is 34.7 Å². The number of fused-ring (bicyclic) bond motifs is 1. The highest BCUT2D eigenvalue weighted by molar-refractivity contribution is 6.06. The summed E-state index contributed by atoms with van der Waals surface area (Å²) >= 11 is 0. The molecule has 28 heavy (non-hydrogen) atoms. The lowest BCUT2D eigenvalue weighted by Crippen LogP contribution is -2.41. The second kappa shape index (κ2) is 7.42. The number of aromatic nitrogens is 2. The van der Waals surface area contributed by atoms with Crippen molar-refractivity contribution in [2.24, 2.45) is 5.92 Å². The minimum absolute atomic E-state index is 0.00677. The molecule has 1 aromatic carbocycles. The molecular formula is C21H22N4O3. The van der Waals surface area contributed by atoms with Gasteiger partial charge in [-0.15, -0.1) is 0 Å². The Morgan fingerprint density at radius 2 is 1.89 bits per heavy atom. The normalized spacial score (nSPS) is 15.0. The number of piperidine rings is 1. The number of hydrogen-bond acceptors (Lipinski definition) is 5. The Hall–Kier alpha value is -3.22. The molecular weight excluding hydrogens is 356 g/mol. The molecule has 0 atom stereocenters. The van der Waals surface area contributed by atoms with E-state index in [1.54, 1.807) is 13.0 Å². The number of likely N-dealkylation sites (tertiary alicyclic amines) is 1. The topological polar surface area (TPSA) is 88.3 Å². The van der Waals surface area contributed by atoms with Gasteiger partial charge in [0.2, 0.25) is 5.91 Å². The van der Waals surface area contributed by atoms with Crippen molar-refractivity contribution in [1.82, 2.24) is 15.0 Å². The molecule has 1 saturated heterocycles. The maximum Gasteiger partial charge on any atom is 0.254 e. The van der Waals surface area contributed by atoms with Gasteiger partial charge in [0.05, 0.1) is 11.1 Å². The Kier molecular flexibility index (Phi) is 4.81. The van der Waals surface area contributed by atoms with Crippen LogP contribution in [0.15, 0.2) is 40.9 Å². The largest absolute Gasteiger partial charge is 0.360 e. The molecule has 3 aromatic rings. The zero-order valence-electron chi connectivity index (χ0n) is 15.9. The van der Waals surface area contributed by atoms with E-state index >= 15 is 0 Å². The van der Waals surface area contributed by atoms with E-state index in [1.165, 1.54) is 0 Å². The van der Waals surface area contributed by atoms with Gasteiger partial charge in [-0.3, -0.25) is 14.6 Å². The first-order chi connectivity index (χ1) is 13.5. The van der Waals surface area contributed by atoms with Gasteiger partial charge < -0.3 is 14.7 Å². The number of amides is 2. The number of carbonyl (C=O) groups is 2. The molecule has 0 bridgehead atoms. The Labute approximate surface area is 162 Å². The number of rotatable bonds is 3. The van der Waals surface area contributed by atoms with Crippen LogP contribution >= 0.6 is 0 Å². The highest BCUT2D eigenvalue weighted by Crippen LogP contribution is 2.24. The number of para-hydroxylation sites is 1. The molecule has 144 valence electrons. The van der Waals surface area contributed by atoms with E-state index < -0.39 is 0 Å². The number of anilines is 1. The molecule has 7 nitrogen and oxygen atoms in total. The number of aryl methyl sites for hydroxylation is 2. The summed E-state index contributed by atoms with van der Waals surface area (Å²) in [5.41, 5.74) is 2.31. The third kappa shape index (κ3) is 3.60. The number of nitrogens with one attached hydrogen (secondary N) is 1. The second-order valence-electron chi connectivity index (χ2n) is 7.21. The Bertz CT molecular complexity index is 1040. The van der Waals surface area contributed by atoms with Gasteiger partial charge in [-0.1, -0.05) is 23.4 Å². The molecule has 0 saturated carbocycles. The van der Waals surface area contributed by atoms with E-state index in [1.807, 2.05) is 42.2 Å². The van der Waals surface area contributed by atoms with Crippen LogP contribution < -0.4 is 5.32 Å². The molecule has 1 fully saturated rings. The minimum Gasteiger partial charge on any atom is -0.360 e. The van der Waals surface area contributed by atoms with Gasteiger partial charge in [0, 0.05) is 36.2 Å². The summed E-state index contributed by atoms with van der Waals surface area (Å²) in [6, 6.07) is 11.2. The summed E-state index contributed by atoms with van der Waals surface area (Å²) in [5.74, 6) is 0.852. The van der Waals surface area contributed by atoms with Crippen molar-refractivity contribution in [2.45, 2.75) is 26.7 Å². The smallest absolute Gasteiger partial charge is 0.254 e. The summed E-state index contributed by atoms with van der Waals surface area (Å²) in [4.78, 5) is 31.9. The maximum atomic E-state index is 13.1. The average molecular weight is 378 g/mol. The SMILES string of the molecule is Cc1cc(C(=O)N2CCC(C(=O)Nc3cc(C)on3)CC2)c2ccccc2n1. The highest BCUT2D eigenvalue weighted by Gasteiger charge is 2.29. The predicted molar refractivity (Wildman–Crippen MR) is 105 cm³/mol. The van der Waals surface area contributed by atoms with E-state index in [9.17, 15) is 9.59 Å². The molecule has 1 N–H and O–H groups in total. The van der Waals surface area contributed by atoms with E-state index in [0.717, 1.165) is 16.6 Å². The summed E-state index contributed by atoms with van der Waals surface area (Å²) in [7, 11) is 0. The predicted octanol–water partition coefficient (Wildman–Crippen LogP) is 3.33. The third-order valence-corrected chi connectivity index (χ3v) is 5.11. The molecule has 1 aliphatic heterocycles. The number of hydrogen-bond donors (Lipinski definition) is 1. The van der Waals surface area contributed by atoms with Gasteiger partial charge in [0.25, 0.3) is 5.91 Å². The van der Waals surface area contributed by atoms with Crippen LogP contribution in [0.5, 0.6) is 0 Å². The van der Waals surface area contributed by atoms with E-state index in [4.69, 9.17) is 4.52 Å². The Balaban J connectivity index is 1.44. The maximum absolute atomic E-state index is 13.1. The quantitative estimate of drug-likeness (QED) is 0.755. The van der Waals surface area contributed by atoms with Crippen molar-refractivity contribution in [3.8, 4) is 0 Å². The molecule has 7 heteroatoms. The van der Waals surface area contributed by atoms with Gasteiger partial charge in [-0.05, 0) is 38.8 Å². The van der Waals surface area contributed by atoms with Crippen molar-refractivity contribution >= 4 is 28.5 Å². The lowest BCUT2D eigenvalue weighted by atomic mass is 9.95. The number of benzene rings is 1. The minimum atomic E-state index is -0.142. The lowest BCUT2D eigenvalue weighted by Gasteiger charge is -2.31. The van der Waals surface area contributed by atoms with Crippen LogP contribution in [-0.2, 0) is 4.79 Å². The van der Waals surface area contributed by atoms with Gasteiger partial charge in [0.15, 0.2) is 5.82 Å². The Morgan fingerprint density at radius 1 is 1.14 bits per heavy atom. The van der Waals surface area contributed by atoms with Gasteiger partial charge in [-0.2, -0.15) is 0 Å². The van der Waals surface area contributed by atoms with E-state index in [-0.39, 0.29) is 17.7 Å². The van der Waals surface area contributed by atoms with Crippen LogP contribution in [0, 0.1) is 19.8 Å². The van der Waals surface area contributed by atoms with E-state index in [2.05, 4.69) is 15.5 Å². The van der Waals surface area contributed by atoms with Crippen molar-refractivity contribution < 1.29 is 14.1 Å². The zero-order chi connectivity index (χ0) is 19.7. The lowest BCUT2D eigenvalue weighted by molar-refractivity contribution is -0.121. The Morgan fingerprint density at radius 3 is 2.61 bits per heavy atom. The molecule has 0 unspecified atom stereocenters. The first-order valence-electron chi connectivity index (χ1n) is 9.41. The highest BCUT2D eigenvalue weighted by atomic mass is 16.5. The van der Waals surface area contributed by atoms with Crippen LogP contribution in [0.25, 0.3) is 10.9 Å². The van der Waals surface area contributed by atoms with E-state index in [0.29, 0.717) is 43.1 Å². The summed E-state index contributed by atoms with van der Waals surface area (Å²) in [5, 5.41) is 7.44. The fourth-order valence-corrected chi connectivity index (χ4v) is 3.65. The number of nitrogens with zero attached hydrogens (tertiary/aromatic N) is 3. The molecule has 0 spiro atoms. The van der Waals surface area contributed by atoms with Gasteiger partial charge >= 0.3 is 0 Å². The third-order valence-electron chi connectivity index (χ3n) is 5.11. The fourth-order valence-electron chi connectivity index (χ4n) is 3.65. The average Bonchev–Trinajstić information content (AvgIpc) is 3.11. The second-order valence-corrected chi connectivity index (χ2v) is 7.21. The molecule has 0 aliphatic carbocycles. The molecule has 1 aliphatic rings. The van der Waals surface area contributed by atoms with Crippen LogP contribution in [0.2, 0.25) is 0 Å². The van der Waals surface area contributed by atoms with Crippen molar-refractivity contribution in [3.63, 3.8) is 0 Å². The van der Waals surface area contributed by atoms with Crippen molar-refractivity contribution in [2.75, 3.05) is 18.4 Å².